The summed E-state index contributed by atoms with van der Waals surface area (Å²) >= 11 is 6.36. The molecular weight excluding hydrogens is 168 g/mol. The summed E-state index contributed by atoms with van der Waals surface area (Å²) in [6, 6.07) is 0. The van der Waals surface area contributed by atoms with E-state index in [0.29, 0.717) is 17.2 Å². The summed E-state index contributed by atoms with van der Waals surface area (Å²) in [6.45, 7) is 11.2. The van der Waals surface area contributed by atoms with Gasteiger partial charge < -0.3 is 0 Å². The average molecular weight is 191 g/mol. The highest BCUT2D eigenvalue weighted by molar-refractivity contribution is 6.20. The highest BCUT2D eigenvalue weighted by Gasteiger charge is 2.23. The smallest absolute Gasteiger partial charge is 0.0389 e. The summed E-state index contributed by atoms with van der Waals surface area (Å²) in [4.78, 5) is 0. The first-order valence-corrected chi connectivity index (χ1v) is 5.58. The molecule has 0 bridgehead atoms. The summed E-state index contributed by atoms with van der Waals surface area (Å²) in [5, 5.41) is 0.352. The van der Waals surface area contributed by atoms with E-state index >= 15 is 0 Å². The Morgan fingerprint density at radius 1 is 1.00 bits per heavy atom. The van der Waals surface area contributed by atoms with Crippen LogP contribution >= 0.6 is 11.6 Å². The first-order valence-electron chi connectivity index (χ1n) is 5.14. The third-order valence-corrected chi connectivity index (χ3v) is 3.35. The fraction of sp³-hybridized carbons (Fsp3) is 1.00. The second-order valence-electron chi connectivity index (χ2n) is 4.38. The maximum Gasteiger partial charge on any atom is 0.0389 e. The van der Waals surface area contributed by atoms with Gasteiger partial charge >= 0.3 is 0 Å². The van der Waals surface area contributed by atoms with Crippen LogP contribution in [-0.2, 0) is 0 Å². The molecule has 0 saturated carbocycles. The number of rotatable bonds is 5. The molecule has 0 aromatic carbocycles. The van der Waals surface area contributed by atoms with E-state index in [1.165, 1.54) is 12.8 Å². The van der Waals surface area contributed by atoms with Gasteiger partial charge in [0, 0.05) is 5.38 Å². The van der Waals surface area contributed by atoms with Gasteiger partial charge in [0.25, 0.3) is 0 Å². The van der Waals surface area contributed by atoms with E-state index in [1.54, 1.807) is 0 Å². The quantitative estimate of drug-likeness (QED) is 0.567. The standard InChI is InChI=1S/C11H23Cl/c1-6-7-10(8(2)3)11(12)9(4)5/h8-11H,6-7H2,1-5H3. The van der Waals surface area contributed by atoms with E-state index in [4.69, 9.17) is 11.6 Å². The molecule has 0 heterocycles. The van der Waals surface area contributed by atoms with E-state index in [0.717, 1.165) is 5.92 Å². The molecule has 0 aliphatic heterocycles. The van der Waals surface area contributed by atoms with Gasteiger partial charge in [-0.15, -0.1) is 11.6 Å². The second-order valence-corrected chi connectivity index (χ2v) is 4.89. The van der Waals surface area contributed by atoms with E-state index in [9.17, 15) is 0 Å². The molecule has 0 aromatic rings. The molecule has 74 valence electrons. The zero-order valence-electron chi connectivity index (χ0n) is 9.10. The molecule has 2 unspecified atom stereocenters. The van der Waals surface area contributed by atoms with Gasteiger partial charge in [-0.3, -0.25) is 0 Å². The van der Waals surface area contributed by atoms with Crippen molar-refractivity contribution in [1.29, 1.82) is 0 Å². The molecule has 0 aromatic heterocycles. The molecule has 0 fully saturated rings. The number of hydrogen-bond donors (Lipinski definition) is 0. The summed E-state index contributed by atoms with van der Waals surface area (Å²) in [7, 11) is 0. The molecule has 0 nitrogen and oxygen atoms in total. The SMILES string of the molecule is CCCC(C(C)C)C(Cl)C(C)C. The highest BCUT2D eigenvalue weighted by atomic mass is 35.5. The van der Waals surface area contributed by atoms with E-state index < -0.39 is 0 Å². The predicted molar refractivity (Wildman–Crippen MR) is 57.7 cm³/mol. The molecule has 0 amide bonds. The molecule has 1 heteroatoms. The summed E-state index contributed by atoms with van der Waals surface area (Å²) in [6.07, 6.45) is 2.52. The topological polar surface area (TPSA) is 0 Å². The Morgan fingerprint density at radius 3 is 1.75 bits per heavy atom. The van der Waals surface area contributed by atoms with E-state index in [2.05, 4.69) is 34.6 Å². The zero-order chi connectivity index (χ0) is 9.72. The maximum absolute atomic E-state index is 6.36. The molecule has 2 atom stereocenters. The molecule has 0 radical (unpaired) electrons. The average Bonchev–Trinajstić information content (AvgIpc) is 1.98. The van der Waals surface area contributed by atoms with Crippen LogP contribution in [0.15, 0.2) is 0 Å². The summed E-state index contributed by atoms with van der Waals surface area (Å²) in [5.41, 5.74) is 0. The lowest BCUT2D eigenvalue weighted by molar-refractivity contribution is 0.303. The van der Waals surface area contributed by atoms with Crippen molar-refractivity contribution in [2.24, 2.45) is 17.8 Å². The van der Waals surface area contributed by atoms with Gasteiger partial charge in [0.1, 0.15) is 0 Å². The Bertz CT molecular complexity index is 108. The van der Waals surface area contributed by atoms with Gasteiger partial charge in [-0.2, -0.15) is 0 Å². The van der Waals surface area contributed by atoms with Crippen LogP contribution in [-0.4, -0.2) is 5.38 Å². The molecule has 0 aliphatic rings. The molecule has 0 aliphatic carbocycles. The largest absolute Gasteiger partial charge is 0.122 e. The second kappa shape index (κ2) is 5.85. The molecule has 0 N–H and O–H groups in total. The van der Waals surface area contributed by atoms with Gasteiger partial charge in [-0.05, 0) is 24.2 Å². The fourth-order valence-corrected chi connectivity index (χ4v) is 2.10. The van der Waals surface area contributed by atoms with Crippen molar-refractivity contribution in [3.63, 3.8) is 0 Å². The van der Waals surface area contributed by atoms with Crippen molar-refractivity contribution < 1.29 is 0 Å². The van der Waals surface area contributed by atoms with Crippen molar-refractivity contribution in [1.82, 2.24) is 0 Å². The van der Waals surface area contributed by atoms with Crippen LogP contribution in [0.2, 0.25) is 0 Å². The van der Waals surface area contributed by atoms with Crippen LogP contribution in [0.25, 0.3) is 0 Å². The monoisotopic (exact) mass is 190 g/mol. The van der Waals surface area contributed by atoms with Crippen molar-refractivity contribution in [2.45, 2.75) is 52.8 Å². The Kier molecular flexibility index (Phi) is 6.00. The van der Waals surface area contributed by atoms with Gasteiger partial charge in [0.05, 0.1) is 0 Å². The minimum absolute atomic E-state index is 0.352. The lowest BCUT2D eigenvalue weighted by Crippen LogP contribution is -2.25. The Labute approximate surface area is 82.7 Å². The van der Waals surface area contributed by atoms with Crippen LogP contribution in [0.4, 0.5) is 0 Å². The number of alkyl halides is 1. The maximum atomic E-state index is 6.36. The minimum Gasteiger partial charge on any atom is -0.122 e. The molecule has 0 rings (SSSR count). The minimum atomic E-state index is 0.352. The van der Waals surface area contributed by atoms with Crippen molar-refractivity contribution in [3.8, 4) is 0 Å². The molecular formula is C11H23Cl. The van der Waals surface area contributed by atoms with E-state index in [-0.39, 0.29) is 0 Å². The summed E-state index contributed by atoms with van der Waals surface area (Å²) in [5.74, 6) is 2.01. The molecule has 0 saturated heterocycles. The van der Waals surface area contributed by atoms with Gasteiger partial charge in [0.15, 0.2) is 0 Å². The van der Waals surface area contributed by atoms with E-state index in [1.807, 2.05) is 0 Å². The van der Waals surface area contributed by atoms with Crippen LogP contribution < -0.4 is 0 Å². The van der Waals surface area contributed by atoms with Crippen LogP contribution in [0, 0.1) is 17.8 Å². The number of halogens is 1. The lowest BCUT2D eigenvalue weighted by Gasteiger charge is -2.28. The van der Waals surface area contributed by atoms with Gasteiger partial charge in [0.2, 0.25) is 0 Å². The third kappa shape index (κ3) is 3.80. The first-order chi connectivity index (χ1) is 5.50. The van der Waals surface area contributed by atoms with Gasteiger partial charge in [-0.1, -0.05) is 41.0 Å². The molecule has 0 spiro atoms. The van der Waals surface area contributed by atoms with Crippen molar-refractivity contribution in [2.75, 3.05) is 0 Å². The third-order valence-electron chi connectivity index (χ3n) is 2.52. The summed E-state index contributed by atoms with van der Waals surface area (Å²) < 4.78 is 0. The lowest BCUT2D eigenvalue weighted by atomic mass is 9.84. The first kappa shape index (κ1) is 12.3. The van der Waals surface area contributed by atoms with Crippen molar-refractivity contribution in [3.05, 3.63) is 0 Å². The van der Waals surface area contributed by atoms with Crippen molar-refractivity contribution >= 4 is 11.6 Å². The normalized spacial score (nSPS) is 17.0. The Hall–Kier alpha value is 0.290. The molecule has 12 heavy (non-hydrogen) atoms. The van der Waals surface area contributed by atoms with Crippen LogP contribution in [0.3, 0.4) is 0 Å². The van der Waals surface area contributed by atoms with Crippen LogP contribution in [0.1, 0.15) is 47.5 Å². The predicted octanol–water partition coefficient (Wildman–Crippen LogP) is 4.32. The highest BCUT2D eigenvalue weighted by Crippen LogP contribution is 2.29. The fourth-order valence-electron chi connectivity index (χ4n) is 1.69. The van der Waals surface area contributed by atoms with Gasteiger partial charge in [-0.25, -0.2) is 0 Å². The number of hydrogen-bond acceptors (Lipinski definition) is 0. The Morgan fingerprint density at radius 2 is 1.50 bits per heavy atom. The Balaban J connectivity index is 4.09. The zero-order valence-corrected chi connectivity index (χ0v) is 9.86. The van der Waals surface area contributed by atoms with Crippen LogP contribution in [0.5, 0.6) is 0 Å².